The summed E-state index contributed by atoms with van der Waals surface area (Å²) in [5, 5.41) is 11.6. The maximum absolute atomic E-state index is 12.9. The van der Waals surface area contributed by atoms with Gasteiger partial charge in [0.05, 0.1) is 24.7 Å². The molecule has 0 saturated carbocycles. The van der Waals surface area contributed by atoms with Crippen LogP contribution >= 0.6 is 11.6 Å². The maximum atomic E-state index is 12.9. The van der Waals surface area contributed by atoms with E-state index < -0.39 is 15.1 Å². The second kappa shape index (κ2) is 6.32. The van der Waals surface area contributed by atoms with Crippen LogP contribution in [-0.4, -0.2) is 43.9 Å². The van der Waals surface area contributed by atoms with E-state index >= 15 is 0 Å². The van der Waals surface area contributed by atoms with Crippen molar-refractivity contribution in [3.8, 4) is 0 Å². The van der Waals surface area contributed by atoms with Gasteiger partial charge in [0.2, 0.25) is 0 Å². The van der Waals surface area contributed by atoms with Crippen molar-refractivity contribution in [3.05, 3.63) is 45.5 Å². The Morgan fingerprint density at radius 3 is 2.71 bits per heavy atom. The fraction of sp³-hybridized carbons (Fsp3) is 0.429. The van der Waals surface area contributed by atoms with Crippen molar-refractivity contribution < 1.29 is 18.1 Å². The Balaban J connectivity index is 2.12. The average molecular weight is 374 g/mol. The van der Waals surface area contributed by atoms with Crippen LogP contribution in [0.4, 0.5) is 11.4 Å². The zero-order chi connectivity index (χ0) is 17.5. The van der Waals surface area contributed by atoms with Gasteiger partial charge in [-0.15, -0.1) is 6.58 Å². The Labute approximate surface area is 144 Å². The molecule has 2 heterocycles. The van der Waals surface area contributed by atoms with Gasteiger partial charge in [-0.05, 0) is 6.07 Å². The van der Waals surface area contributed by atoms with E-state index in [-0.39, 0.29) is 35.4 Å². The zero-order valence-corrected chi connectivity index (χ0v) is 14.3. The van der Waals surface area contributed by atoms with E-state index in [0.717, 1.165) is 4.31 Å². The first-order valence-electron chi connectivity index (χ1n) is 7.28. The number of nitro groups is 1. The second-order valence-electron chi connectivity index (χ2n) is 5.71. The molecule has 130 valence electrons. The molecule has 0 bridgehead atoms. The number of benzene rings is 1. The first kappa shape index (κ1) is 17.2. The van der Waals surface area contributed by atoms with Crippen molar-refractivity contribution >= 4 is 33.2 Å². The maximum Gasteiger partial charge on any atom is 0.304 e. The molecule has 0 radical (unpaired) electrons. The molecule has 0 spiro atoms. The minimum Gasteiger partial charge on any atom is -0.381 e. The van der Waals surface area contributed by atoms with Crippen LogP contribution in [0.25, 0.3) is 0 Å². The fourth-order valence-corrected chi connectivity index (χ4v) is 4.80. The van der Waals surface area contributed by atoms with Crippen molar-refractivity contribution in [1.29, 1.82) is 0 Å². The van der Waals surface area contributed by atoms with Crippen molar-refractivity contribution in [2.24, 2.45) is 5.92 Å². The van der Waals surface area contributed by atoms with Gasteiger partial charge in [0.15, 0.2) is 0 Å². The summed E-state index contributed by atoms with van der Waals surface area (Å²) in [6, 6.07) is 2.74. The van der Waals surface area contributed by atoms with Gasteiger partial charge in [-0.3, -0.25) is 10.1 Å². The zero-order valence-electron chi connectivity index (χ0n) is 12.7. The van der Waals surface area contributed by atoms with E-state index in [2.05, 4.69) is 6.58 Å². The molecule has 0 aromatic heterocycles. The van der Waals surface area contributed by atoms with Crippen LogP contribution in [0.3, 0.4) is 0 Å². The van der Waals surface area contributed by atoms with E-state index in [1.54, 1.807) is 6.07 Å². The van der Waals surface area contributed by atoms with Gasteiger partial charge in [-0.1, -0.05) is 17.7 Å². The first-order chi connectivity index (χ1) is 11.3. The highest BCUT2D eigenvalue weighted by atomic mass is 35.5. The smallest absolute Gasteiger partial charge is 0.304 e. The minimum absolute atomic E-state index is 0.0449. The summed E-state index contributed by atoms with van der Waals surface area (Å²) in [5.41, 5.74) is 0.242. The van der Waals surface area contributed by atoms with Gasteiger partial charge >= 0.3 is 10.2 Å². The highest BCUT2D eigenvalue weighted by Gasteiger charge is 2.41. The van der Waals surface area contributed by atoms with E-state index in [4.69, 9.17) is 16.3 Å². The third kappa shape index (κ3) is 2.88. The van der Waals surface area contributed by atoms with Crippen molar-refractivity contribution in [3.63, 3.8) is 0 Å². The average Bonchev–Trinajstić information content (AvgIpc) is 2.45. The molecule has 1 fully saturated rings. The summed E-state index contributed by atoms with van der Waals surface area (Å²) in [6.45, 7) is 4.86. The number of nitrogens with zero attached hydrogens (tertiary/aromatic N) is 3. The number of anilines is 1. The minimum atomic E-state index is -3.89. The van der Waals surface area contributed by atoms with Crippen LogP contribution in [0.5, 0.6) is 0 Å². The summed E-state index contributed by atoms with van der Waals surface area (Å²) < 4.78 is 33.2. The molecule has 2 aliphatic rings. The molecular formula is C14H16ClN3O5S. The van der Waals surface area contributed by atoms with E-state index in [1.807, 2.05) is 0 Å². The molecule has 0 aliphatic carbocycles. The molecule has 0 amide bonds. The Morgan fingerprint density at radius 1 is 1.46 bits per heavy atom. The lowest BCUT2D eigenvalue weighted by Gasteiger charge is -2.39. The predicted octanol–water partition coefficient (Wildman–Crippen LogP) is 1.95. The van der Waals surface area contributed by atoms with Gasteiger partial charge in [0, 0.05) is 35.7 Å². The van der Waals surface area contributed by atoms with Gasteiger partial charge < -0.3 is 4.74 Å². The van der Waals surface area contributed by atoms with Gasteiger partial charge in [-0.2, -0.15) is 12.7 Å². The predicted molar refractivity (Wildman–Crippen MR) is 89.3 cm³/mol. The largest absolute Gasteiger partial charge is 0.381 e. The normalized spacial score (nSPS) is 20.3. The van der Waals surface area contributed by atoms with Crippen molar-refractivity contribution in [2.45, 2.75) is 6.54 Å². The molecule has 0 atom stereocenters. The summed E-state index contributed by atoms with van der Waals surface area (Å²) in [5.74, 6) is 0.126. The summed E-state index contributed by atoms with van der Waals surface area (Å²) in [6.07, 6.45) is 1.40. The van der Waals surface area contributed by atoms with Crippen LogP contribution in [0, 0.1) is 16.0 Å². The van der Waals surface area contributed by atoms with Crippen LogP contribution in [0.1, 0.15) is 5.56 Å². The number of ether oxygens (including phenoxy) is 1. The Kier molecular flexibility index (Phi) is 4.52. The molecule has 0 N–H and O–H groups in total. The summed E-state index contributed by atoms with van der Waals surface area (Å²) >= 11 is 5.98. The number of hydrogen-bond donors (Lipinski definition) is 0. The molecular weight excluding hydrogens is 358 g/mol. The lowest BCUT2D eigenvalue weighted by Crippen LogP contribution is -2.51. The van der Waals surface area contributed by atoms with Crippen LogP contribution in [0.2, 0.25) is 5.02 Å². The second-order valence-corrected chi connectivity index (χ2v) is 8.00. The SMILES string of the molecule is C=CCN1c2c(cc(Cl)cc2[N+](=O)[O-])CN(CC2COC2)S1(=O)=O. The summed E-state index contributed by atoms with van der Waals surface area (Å²) in [4.78, 5) is 10.8. The van der Waals surface area contributed by atoms with Crippen LogP contribution in [0.15, 0.2) is 24.8 Å². The molecule has 10 heteroatoms. The van der Waals surface area contributed by atoms with Crippen molar-refractivity contribution in [1.82, 2.24) is 4.31 Å². The molecule has 1 saturated heterocycles. The van der Waals surface area contributed by atoms with Crippen molar-refractivity contribution in [2.75, 3.05) is 30.6 Å². The molecule has 3 rings (SSSR count). The number of fused-ring (bicyclic) bond motifs is 1. The summed E-state index contributed by atoms with van der Waals surface area (Å²) in [7, 11) is -3.89. The fourth-order valence-electron chi connectivity index (χ4n) is 2.85. The topological polar surface area (TPSA) is 93.0 Å². The van der Waals surface area contributed by atoms with Gasteiger partial charge in [0.25, 0.3) is 5.69 Å². The van der Waals surface area contributed by atoms with E-state index in [1.165, 1.54) is 16.4 Å². The van der Waals surface area contributed by atoms with Gasteiger partial charge in [0.1, 0.15) is 5.69 Å². The lowest BCUT2D eigenvalue weighted by molar-refractivity contribution is -0.384. The third-order valence-corrected chi connectivity index (χ3v) is 6.03. The third-order valence-electron chi connectivity index (χ3n) is 3.99. The standard InChI is InChI=1S/C14H16ClN3O5S/c1-2-3-17-14-11(4-12(15)5-13(14)18(19)20)7-16(24(17,21)22)6-10-8-23-9-10/h2,4-5,10H,1,3,6-9H2. The monoisotopic (exact) mass is 373 g/mol. The molecule has 2 aliphatic heterocycles. The lowest BCUT2D eigenvalue weighted by atomic mass is 10.1. The molecule has 8 nitrogen and oxygen atoms in total. The Morgan fingerprint density at radius 2 is 2.17 bits per heavy atom. The highest BCUT2D eigenvalue weighted by molar-refractivity contribution is 7.90. The number of halogens is 1. The van der Waals surface area contributed by atoms with E-state index in [9.17, 15) is 18.5 Å². The number of nitro benzene ring substituents is 1. The Hall–Kier alpha value is -1.68. The molecule has 1 aromatic carbocycles. The van der Waals surface area contributed by atoms with E-state index in [0.29, 0.717) is 25.3 Å². The number of rotatable bonds is 5. The molecule has 24 heavy (non-hydrogen) atoms. The molecule has 1 aromatic rings. The highest BCUT2D eigenvalue weighted by Crippen LogP contribution is 2.41. The van der Waals surface area contributed by atoms with Crippen LogP contribution < -0.4 is 4.31 Å². The first-order valence-corrected chi connectivity index (χ1v) is 9.05. The van der Waals surface area contributed by atoms with Crippen LogP contribution in [-0.2, 0) is 21.5 Å². The quantitative estimate of drug-likeness (QED) is 0.446. The van der Waals surface area contributed by atoms with Gasteiger partial charge in [-0.25, -0.2) is 4.31 Å². The molecule has 0 unspecified atom stereocenters. The number of hydrogen-bond acceptors (Lipinski definition) is 5. The Bertz CT molecular complexity index is 794.